The van der Waals surface area contributed by atoms with Crippen LogP contribution >= 0.6 is 0 Å². The topological polar surface area (TPSA) is 80.3 Å². The molecule has 2 aromatic carbocycles. The average Bonchev–Trinajstić information content (AvgIpc) is 2.88. The monoisotopic (exact) mass is 487 g/mol. The molecule has 1 fully saturated rings. The van der Waals surface area contributed by atoms with Crippen LogP contribution in [0.3, 0.4) is 0 Å². The third-order valence-corrected chi connectivity index (χ3v) is 6.07. The first-order chi connectivity index (χ1) is 16.9. The van der Waals surface area contributed by atoms with Crippen molar-refractivity contribution in [3.63, 3.8) is 0 Å². The van der Waals surface area contributed by atoms with E-state index in [1.165, 1.54) is 24.1 Å². The molecule has 0 unspecified atom stereocenters. The lowest BCUT2D eigenvalue weighted by atomic mass is 10.1. The Hall–Kier alpha value is -3.17. The van der Waals surface area contributed by atoms with E-state index in [0.29, 0.717) is 31.3 Å². The predicted octanol–water partition coefficient (Wildman–Crippen LogP) is 2.25. The SMILES string of the molecule is COc1ccc(CC(=O)N(Cc2ccc(F)cc2)[C@H](C)C(=O)NCCN2CCOCC2)cc1OC. The highest BCUT2D eigenvalue weighted by molar-refractivity contribution is 5.88. The van der Waals surface area contributed by atoms with Crippen molar-refractivity contribution in [1.29, 1.82) is 0 Å². The molecular weight excluding hydrogens is 453 g/mol. The smallest absolute Gasteiger partial charge is 0.242 e. The lowest BCUT2D eigenvalue weighted by molar-refractivity contribution is -0.140. The van der Waals surface area contributed by atoms with Crippen molar-refractivity contribution in [1.82, 2.24) is 15.1 Å². The number of nitrogens with zero attached hydrogens (tertiary/aromatic N) is 2. The van der Waals surface area contributed by atoms with Gasteiger partial charge in [-0.05, 0) is 42.3 Å². The van der Waals surface area contributed by atoms with Gasteiger partial charge in [-0.3, -0.25) is 14.5 Å². The lowest BCUT2D eigenvalue weighted by Gasteiger charge is -2.30. The lowest BCUT2D eigenvalue weighted by Crippen LogP contribution is -2.49. The van der Waals surface area contributed by atoms with Gasteiger partial charge in [-0.25, -0.2) is 4.39 Å². The number of halogens is 1. The van der Waals surface area contributed by atoms with Gasteiger partial charge < -0.3 is 24.4 Å². The first-order valence-corrected chi connectivity index (χ1v) is 11.7. The van der Waals surface area contributed by atoms with Crippen molar-refractivity contribution in [3.05, 3.63) is 59.4 Å². The number of amides is 2. The molecule has 9 heteroatoms. The summed E-state index contributed by atoms with van der Waals surface area (Å²) in [6, 6.07) is 10.5. The molecule has 0 radical (unpaired) electrons. The number of morpholine rings is 1. The standard InChI is InChI=1S/C26H34FN3O5/c1-19(26(32)28-10-11-29-12-14-35-15-13-29)30(18-20-4-7-22(27)8-5-20)25(31)17-21-6-9-23(33-2)24(16-21)34-3/h4-9,16,19H,10-15,17-18H2,1-3H3,(H,28,32)/t19-/m1/s1. The minimum Gasteiger partial charge on any atom is -0.493 e. The van der Waals surface area contributed by atoms with E-state index in [0.717, 1.165) is 30.8 Å². The highest BCUT2D eigenvalue weighted by atomic mass is 19.1. The molecule has 8 nitrogen and oxygen atoms in total. The van der Waals surface area contributed by atoms with Crippen LogP contribution in [0, 0.1) is 5.82 Å². The van der Waals surface area contributed by atoms with Crippen LogP contribution in [0.1, 0.15) is 18.1 Å². The van der Waals surface area contributed by atoms with E-state index in [1.54, 1.807) is 44.4 Å². The largest absolute Gasteiger partial charge is 0.493 e. The number of hydrogen-bond donors (Lipinski definition) is 1. The van der Waals surface area contributed by atoms with Gasteiger partial charge in [-0.15, -0.1) is 0 Å². The molecule has 0 aromatic heterocycles. The Kier molecular flexibility index (Phi) is 9.86. The van der Waals surface area contributed by atoms with Gasteiger partial charge in [-0.1, -0.05) is 18.2 Å². The average molecular weight is 488 g/mol. The quantitative estimate of drug-likeness (QED) is 0.524. The Morgan fingerprint density at radius 2 is 1.71 bits per heavy atom. The number of hydrogen-bond acceptors (Lipinski definition) is 6. The fourth-order valence-corrected chi connectivity index (χ4v) is 3.95. The fraction of sp³-hybridized carbons (Fsp3) is 0.462. The van der Waals surface area contributed by atoms with Crippen molar-refractivity contribution in [3.8, 4) is 11.5 Å². The maximum atomic E-state index is 13.4. The predicted molar refractivity (Wildman–Crippen MR) is 130 cm³/mol. The number of nitrogens with one attached hydrogen (secondary N) is 1. The molecule has 0 bridgehead atoms. The molecule has 3 rings (SSSR count). The summed E-state index contributed by atoms with van der Waals surface area (Å²) in [5, 5.41) is 2.95. The second kappa shape index (κ2) is 13.1. The van der Waals surface area contributed by atoms with E-state index >= 15 is 0 Å². The highest BCUT2D eigenvalue weighted by Gasteiger charge is 2.26. The van der Waals surface area contributed by atoms with Crippen LogP contribution in [-0.4, -0.2) is 81.3 Å². The van der Waals surface area contributed by atoms with Crippen molar-refractivity contribution in [2.24, 2.45) is 0 Å². The molecule has 2 aromatic rings. The molecule has 1 heterocycles. The maximum Gasteiger partial charge on any atom is 0.242 e. The fourth-order valence-electron chi connectivity index (χ4n) is 3.95. The van der Waals surface area contributed by atoms with Crippen LogP contribution in [0.25, 0.3) is 0 Å². The number of rotatable bonds is 11. The number of carbonyl (C=O) groups excluding carboxylic acids is 2. The summed E-state index contributed by atoms with van der Waals surface area (Å²) in [5.74, 6) is 0.279. The van der Waals surface area contributed by atoms with E-state index in [9.17, 15) is 14.0 Å². The number of methoxy groups -OCH3 is 2. The van der Waals surface area contributed by atoms with E-state index < -0.39 is 6.04 Å². The second-order valence-electron chi connectivity index (χ2n) is 8.44. The molecule has 1 aliphatic rings. The van der Waals surface area contributed by atoms with Gasteiger partial charge >= 0.3 is 0 Å². The number of carbonyl (C=O) groups is 2. The summed E-state index contributed by atoms with van der Waals surface area (Å²) in [4.78, 5) is 30.1. The van der Waals surface area contributed by atoms with Crippen molar-refractivity contribution in [2.45, 2.75) is 25.9 Å². The number of ether oxygens (including phenoxy) is 3. The molecule has 190 valence electrons. The zero-order chi connectivity index (χ0) is 25.2. The summed E-state index contributed by atoms with van der Waals surface area (Å²) in [5.41, 5.74) is 1.47. The Bertz CT molecular complexity index is 979. The summed E-state index contributed by atoms with van der Waals surface area (Å²) >= 11 is 0. The molecular formula is C26H34FN3O5. The van der Waals surface area contributed by atoms with E-state index in [1.807, 2.05) is 0 Å². The van der Waals surface area contributed by atoms with Gasteiger partial charge in [0.1, 0.15) is 11.9 Å². The van der Waals surface area contributed by atoms with E-state index in [4.69, 9.17) is 14.2 Å². The van der Waals surface area contributed by atoms with E-state index in [2.05, 4.69) is 10.2 Å². The molecule has 1 aliphatic heterocycles. The third kappa shape index (κ3) is 7.66. The molecule has 0 aliphatic carbocycles. The van der Waals surface area contributed by atoms with Crippen LogP contribution in [0.15, 0.2) is 42.5 Å². The third-order valence-electron chi connectivity index (χ3n) is 6.07. The maximum absolute atomic E-state index is 13.4. The van der Waals surface area contributed by atoms with Gasteiger partial charge in [0.2, 0.25) is 11.8 Å². The molecule has 0 saturated carbocycles. The Balaban J connectivity index is 1.70. The van der Waals surface area contributed by atoms with E-state index in [-0.39, 0.29) is 30.6 Å². The van der Waals surface area contributed by atoms with Gasteiger partial charge in [0.25, 0.3) is 0 Å². The van der Waals surface area contributed by atoms with Gasteiger partial charge in [0, 0.05) is 32.7 Å². The van der Waals surface area contributed by atoms with Crippen LogP contribution in [0.5, 0.6) is 11.5 Å². The number of benzene rings is 2. The molecule has 1 N–H and O–H groups in total. The zero-order valence-electron chi connectivity index (χ0n) is 20.6. The van der Waals surface area contributed by atoms with Crippen LogP contribution in [-0.2, 0) is 27.3 Å². The Labute approximate surface area is 205 Å². The van der Waals surface area contributed by atoms with Crippen LogP contribution in [0.4, 0.5) is 4.39 Å². The normalized spacial score (nSPS) is 14.7. The summed E-state index contributed by atoms with van der Waals surface area (Å²) in [7, 11) is 3.08. The van der Waals surface area contributed by atoms with Crippen molar-refractivity contribution >= 4 is 11.8 Å². The molecule has 1 atom stereocenters. The summed E-state index contributed by atoms with van der Waals surface area (Å²) < 4.78 is 29.4. The van der Waals surface area contributed by atoms with Crippen molar-refractivity contribution in [2.75, 3.05) is 53.6 Å². The summed E-state index contributed by atoms with van der Waals surface area (Å²) in [6.45, 7) is 6.17. The van der Waals surface area contributed by atoms with Crippen LogP contribution < -0.4 is 14.8 Å². The van der Waals surface area contributed by atoms with Gasteiger partial charge in [-0.2, -0.15) is 0 Å². The molecule has 0 spiro atoms. The molecule has 2 amide bonds. The molecule has 1 saturated heterocycles. The summed E-state index contributed by atoms with van der Waals surface area (Å²) in [6.07, 6.45) is 0.0763. The molecule has 35 heavy (non-hydrogen) atoms. The first-order valence-electron chi connectivity index (χ1n) is 11.7. The van der Waals surface area contributed by atoms with Crippen molar-refractivity contribution < 1.29 is 28.2 Å². The van der Waals surface area contributed by atoms with Gasteiger partial charge in [0.05, 0.1) is 33.9 Å². The highest BCUT2D eigenvalue weighted by Crippen LogP contribution is 2.28. The Morgan fingerprint density at radius 3 is 2.37 bits per heavy atom. The Morgan fingerprint density at radius 1 is 1.06 bits per heavy atom. The minimum absolute atomic E-state index is 0.0763. The first kappa shape index (κ1) is 26.4. The minimum atomic E-state index is -0.711. The van der Waals surface area contributed by atoms with Crippen LogP contribution in [0.2, 0.25) is 0 Å². The second-order valence-corrected chi connectivity index (χ2v) is 8.44. The zero-order valence-corrected chi connectivity index (χ0v) is 20.6. The van der Waals surface area contributed by atoms with Gasteiger partial charge in [0.15, 0.2) is 11.5 Å².